The van der Waals surface area contributed by atoms with E-state index in [9.17, 15) is 4.79 Å². The number of carbonyl (C=O) groups excluding carboxylic acids is 1. The first-order valence-electron chi connectivity index (χ1n) is 10.6. The summed E-state index contributed by atoms with van der Waals surface area (Å²) in [5.74, 6) is -0.185. The number of halogens is 1. The molecular weight excluding hydrogens is 440 g/mol. The van der Waals surface area contributed by atoms with E-state index in [1.165, 1.54) is 0 Å². The van der Waals surface area contributed by atoms with Crippen LogP contribution in [0.25, 0.3) is 0 Å². The van der Waals surface area contributed by atoms with Crippen LogP contribution in [-0.4, -0.2) is 17.4 Å². The third-order valence-electron chi connectivity index (χ3n) is 5.45. The van der Waals surface area contributed by atoms with Gasteiger partial charge in [0.2, 0.25) is 0 Å². The van der Waals surface area contributed by atoms with Crippen molar-refractivity contribution in [1.82, 2.24) is 0 Å². The molecule has 0 bridgehead atoms. The average molecular weight is 465 g/mol. The summed E-state index contributed by atoms with van der Waals surface area (Å²) in [6.45, 7) is 1.30. The molecule has 7 heteroatoms. The number of anilines is 3. The smallest absolute Gasteiger partial charge is 0.251 e. The quantitative estimate of drug-likeness (QED) is 0.402. The van der Waals surface area contributed by atoms with Crippen LogP contribution in [0.1, 0.15) is 30.0 Å². The lowest BCUT2D eigenvalue weighted by Gasteiger charge is -2.22. The van der Waals surface area contributed by atoms with Crippen LogP contribution in [0.5, 0.6) is 0 Å². The third kappa shape index (κ3) is 5.10. The summed E-state index contributed by atoms with van der Waals surface area (Å²) in [6, 6.07) is 22.3. The lowest BCUT2D eigenvalue weighted by atomic mass is 10.0. The summed E-state index contributed by atoms with van der Waals surface area (Å²) in [5.41, 5.74) is 9.95. The molecule has 0 aromatic heterocycles. The van der Waals surface area contributed by atoms with Crippen LogP contribution < -0.4 is 21.3 Å². The summed E-state index contributed by atoms with van der Waals surface area (Å²) in [5, 5.41) is 6.90. The lowest BCUT2D eigenvalue weighted by molar-refractivity contribution is -0.117. The number of carbonyl (C=O) groups is 1. The monoisotopic (exact) mass is 464 g/mol. The van der Waals surface area contributed by atoms with Gasteiger partial charge in [0.1, 0.15) is 6.04 Å². The Morgan fingerprint density at radius 1 is 1.06 bits per heavy atom. The maximum atomic E-state index is 13.3. The van der Waals surface area contributed by atoms with Crippen LogP contribution in [-0.2, 0) is 11.3 Å². The molecule has 0 aliphatic carbocycles. The van der Waals surface area contributed by atoms with Gasteiger partial charge in [0.25, 0.3) is 5.91 Å². The summed E-state index contributed by atoms with van der Waals surface area (Å²) < 4.78 is 0. The van der Waals surface area contributed by atoms with Gasteiger partial charge in [-0.2, -0.15) is 0 Å². The summed E-state index contributed by atoms with van der Waals surface area (Å²) in [6.07, 6.45) is 1.93. The van der Waals surface area contributed by atoms with E-state index in [4.69, 9.17) is 29.6 Å². The van der Waals surface area contributed by atoms with E-state index < -0.39 is 6.04 Å². The zero-order chi connectivity index (χ0) is 22.5. The highest BCUT2D eigenvalue weighted by Crippen LogP contribution is 2.32. The van der Waals surface area contributed by atoms with E-state index >= 15 is 0 Å². The van der Waals surface area contributed by atoms with Crippen molar-refractivity contribution < 1.29 is 4.79 Å². The molecule has 1 aliphatic heterocycles. The van der Waals surface area contributed by atoms with Crippen molar-refractivity contribution in [2.75, 3.05) is 22.1 Å². The van der Waals surface area contributed by atoms with E-state index in [-0.39, 0.29) is 5.91 Å². The second kappa shape index (κ2) is 10.1. The molecule has 3 aromatic carbocycles. The first-order valence-corrected chi connectivity index (χ1v) is 11.3. The van der Waals surface area contributed by atoms with Crippen molar-refractivity contribution in [2.24, 2.45) is 5.73 Å². The molecule has 1 aliphatic rings. The van der Waals surface area contributed by atoms with Gasteiger partial charge in [-0.1, -0.05) is 66.3 Å². The Kier molecular flexibility index (Phi) is 7.05. The Labute approximate surface area is 198 Å². The van der Waals surface area contributed by atoms with E-state index in [1.807, 2.05) is 66.7 Å². The van der Waals surface area contributed by atoms with Crippen molar-refractivity contribution in [3.8, 4) is 0 Å². The van der Waals surface area contributed by atoms with Crippen LogP contribution in [0.15, 0.2) is 72.8 Å². The molecule has 0 saturated carbocycles. The number of amides is 1. The standard InChI is InChI=1S/C25H25ClN4OS/c26-21-15-20(11-12-22(21)30-13-5-10-23(30)32)29-25(31)24(18-7-2-1-3-8-18)28-19-9-4-6-17(14-19)16-27/h1-4,6-9,11-12,14-15,24,28H,5,10,13,16,27H2,(H,29,31). The highest BCUT2D eigenvalue weighted by atomic mass is 35.5. The second-order valence-electron chi connectivity index (χ2n) is 7.70. The predicted octanol–water partition coefficient (Wildman–Crippen LogP) is 5.52. The molecule has 0 spiro atoms. The molecule has 1 heterocycles. The van der Waals surface area contributed by atoms with Crippen molar-refractivity contribution in [1.29, 1.82) is 0 Å². The molecule has 4 rings (SSSR count). The van der Waals surface area contributed by atoms with Gasteiger partial charge in [-0.3, -0.25) is 4.79 Å². The van der Waals surface area contributed by atoms with Crippen molar-refractivity contribution >= 4 is 51.8 Å². The van der Waals surface area contributed by atoms with Crippen LogP contribution in [0.2, 0.25) is 5.02 Å². The lowest BCUT2D eigenvalue weighted by Crippen LogP contribution is -2.27. The second-order valence-corrected chi connectivity index (χ2v) is 8.58. The fraction of sp³-hybridized carbons (Fsp3) is 0.200. The van der Waals surface area contributed by atoms with Gasteiger partial charge in [-0.15, -0.1) is 0 Å². The summed E-state index contributed by atoms with van der Waals surface area (Å²) >= 11 is 12.0. The maximum Gasteiger partial charge on any atom is 0.251 e. The number of nitrogens with two attached hydrogens (primary N) is 1. The first kappa shape index (κ1) is 22.3. The van der Waals surface area contributed by atoms with Crippen LogP contribution in [0, 0.1) is 0 Å². The number of hydrogen-bond donors (Lipinski definition) is 3. The maximum absolute atomic E-state index is 13.3. The minimum atomic E-state index is -0.589. The third-order valence-corrected chi connectivity index (χ3v) is 6.18. The highest BCUT2D eigenvalue weighted by molar-refractivity contribution is 7.80. The molecule has 1 fully saturated rings. The fourth-order valence-electron chi connectivity index (χ4n) is 3.82. The molecule has 5 nitrogen and oxygen atoms in total. The van der Waals surface area contributed by atoms with Gasteiger partial charge in [0.15, 0.2) is 0 Å². The Bertz CT molecular complexity index is 1120. The Hall–Kier alpha value is -2.93. The normalized spacial score (nSPS) is 14.3. The molecule has 164 valence electrons. The summed E-state index contributed by atoms with van der Waals surface area (Å²) in [7, 11) is 0. The van der Waals surface area contributed by atoms with Crippen molar-refractivity contribution in [3.05, 3.63) is 88.9 Å². The topological polar surface area (TPSA) is 70.4 Å². The zero-order valence-corrected chi connectivity index (χ0v) is 19.1. The minimum absolute atomic E-state index is 0.185. The van der Waals surface area contributed by atoms with Crippen molar-refractivity contribution in [3.63, 3.8) is 0 Å². The molecule has 1 saturated heterocycles. The SMILES string of the molecule is NCc1cccc(NC(C(=O)Nc2ccc(N3CCCC3=S)c(Cl)c2)c2ccccc2)c1. The number of benzene rings is 3. The number of rotatable bonds is 7. The number of thiocarbonyl (C=S) groups is 1. The molecule has 3 aromatic rings. The van der Waals surface area contributed by atoms with E-state index in [0.29, 0.717) is 17.3 Å². The largest absolute Gasteiger partial charge is 0.370 e. The zero-order valence-electron chi connectivity index (χ0n) is 17.6. The van der Waals surface area contributed by atoms with Gasteiger partial charge in [0, 0.05) is 24.5 Å². The van der Waals surface area contributed by atoms with Gasteiger partial charge in [0.05, 0.1) is 15.7 Å². The first-order chi connectivity index (χ1) is 15.5. The Morgan fingerprint density at radius 2 is 1.88 bits per heavy atom. The van der Waals surface area contributed by atoms with Crippen molar-refractivity contribution in [2.45, 2.75) is 25.4 Å². The number of hydrogen-bond acceptors (Lipinski definition) is 4. The van der Waals surface area contributed by atoms with E-state index in [2.05, 4.69) is 15.5 Å². The van der Waals surface area contributed by atoms with E-state index in [1.54, 1.807) is 6.07 Å². The van der Waals surface area contributed by atoms with Crippen LogP contribution in [0.3, 0.4) is 0 Å². The number of nitrogens with zero attached hydrogens (tertiary/aromatic N) is 1. The Balaban J connectivity index is 1.56. The van der Waals surface area contributed by atoms with Gasteiger partial charge in [-0.05, 0) is 54.3 Å². The van der Waals surface area contributed by atoms with Gasteiger partial charge >= 0.3 is 0 Å². The summed E-state index contributed by atoms with van der Waals surface area (Å²) in [4.78, 5) is 16.3. The molecule has 32 heavy (non-hydrogen) atoms. The van der Waals surface area contributed by atoms with Gasteiger partial charge in [-0.25, -0.2) is 0 Å². The van der Waals surface area contributed by atoms with E-state index in [0.717, 1.165) is 46.9 Å². The van der Waals surface area contributed by atoms with Crippen LogP contribution in [0.4, 0.5) is 17.1 Å². The highest BCUT2D eigenvalue weighted by Gasteiger charge is 2.23. The minimum Gasteiger partial charge on any atom is -0.370 e. The van der Waals surface area contributed by atoms with Crippen LogP contribution >= 0.6 is 23.8 Å². The molecule has 1 unspecified atom stereocenters. The fourth-order valence-corrected chi connectivity index (χ4v) is 4.44. The van der Waals surface area contributed by atoms with Gasteiger partial charge < -0.3 is 21.3 Å². The average Bonchev–Trinajstić information content (AvgIpc) is 3.23. The Morgan fingerprint density at radius 3 is 2.56 bits per heavy atom. The molecule has 1 amide bonds. The molecule has 4 N–H and O–H groups in total. The molecule has 1 atom stereocenters. The predicted molar refractivity (Wildman–Crippen MR) is 136 cm³/mol. The molecular formula is C25H25ClN4OS. The number of nitrogens with one attached hydrogen (secondary N) is 2. The molecule has 0 radical (unpaired) electrons.